The number of phosphoric ester groups is 1. The Morgan fingerprint density at radius 2 is 1.96 bits per heavy atom. The molecule has 0 aromatic heterocycles. The van der Waals surface area contributed by atoms with E-state index in [4.69, 9.17) is 20.3 Å². The molecule has 0 aliphatic carbocycles. The Morgan fingerprint density at radius 1 is 1.26 bits per heavy atom. The average molecular weight is 431 g/mol. The zero-order chi connectivity index (χ0) is 20.0. The van der Waals surface area contributed by atoms with Gasteiger partial charge >= 0.3 is 15.6 Å². The lowest BCUT2D eigenvalue weighted by atomic mass is 10.1. The molecular formula is C10H19N5O10P2. The number of phosphoric acid groups is 2. The van der Waals surface area contributed by atoms with E-state index in [0.717, 1.165) is 0 Å². The number of nitrogens with one attached hydrogen (secondary N) is 1. The van der Waals surface area contributed by atoms with Gasteiger partial charge in [-0.3, -0.25) is 19.8 Å². The molecule has 1 fully saturated rings. The van der Waals surface area contributed by atoms with E-state index in [2.05, 4.69) is 24.1 Å². The van der Waals surface area contributed by atoms with Gasteiger partial charge in [-0.05, 0) is 0 Å². The van der Waals surface area contributed by atoms with Crippen LogP contribution in [-0.2, 0) is 22.7 Å². The van der Waals surface area contributed by atoms with Crippen LogP contribution < -0.4 is 11.1 Å². The first kappa shape index (κ1) is 20.9. The minimum atomic E-state index is -5.28. The number of aliphatic imine (C=N–C) groups is 2. The van der Waals surface area contributed by atoms with Gasteiger partial charge < -0.3 is 40.3 Å². The number of hydrogen-bond donors (Lipinski definition) is 7. The maximum Gasteiger partial charge on any atom is 0.481 e. The van der Waals surface area contributed by atoms with Crippen LogP contribution in [0.15, 0.2) is 9.98 Å². The van der Waals surface area contributed by atoms with Gasteiger partial charge in [-0.15, -0.1) is 0 Å². The zero-order valence-electron chi connectivity index (χ0n) is 13.6. The van der Waals surface area contributed by atoms with E-state index in [0.29, 0.717) is 11.5 Å². The van der Waals surface area contributed by atoms with Crippen molar-refractivity contribution in [2.75, 3.05) is 19.9 Å². The summed E-state index contributed by atoms with van der Waals surface area (Å²) in [4.78, 5) is 36.3. The molecule has 3 rings (SSSR count). The Kier molecular flexibility index (Phi) is 5.85. The lowest BCUT2D eigenvalue weighted by molar-refractivity contribution is -0.0682. The number of aliphatic hydroxyl groups excluding tert-OH is 2. The van der Waals surface area contributed by atoms with Crippen molar-refractivity contribution in [2.45, 2.75) is 30.7 Å². The molecule has 0 amide bonds. The highest BCUT2D eigenvalue weighted by molar-refractivity contribution is 7.60. The van der Waals surface area contributed by atoms with Gasteiger partial charge in [-0.25, -0.2) is 9.13 Å². The molecule has 3 aliphatic heterocycles. The zero-order valence-corrected chi connectivity index (χ0v) is 15.4. The molecule has 1 saturated heterocycles. The minimum Gasteiger partial charge on any atom is -0.387 e. The van der Waals surface area contributed by atoms with Crippen LogP contribution in [0, 0.1) is 0 Å². The lowest BCUT2D eigenvalue weighted by Crippen LogP contribution is -2.55. The van der Waals surface area contributed by atoms with E-state index in [1.165, 1.54) is 4.90 Å². The SMILES string of the molecule is NC1NCN=C2C1=NCN2[C@@H]1O[C@H](COP(=O)(O)OP(=O)(O)O)[C@@H](O)[C@H]1O. The topological polar surface area (TPSA) is 229 Å². The van der Waals surface area contributed by atoms with Gasteiger partial charge in [0.15, 0.2) is 12.1 Å². The third-order valence-corrected chi connectivity index (χ3v) is 6.14. The number of hydrogen-bond acceptors (Lipinski definition) is 12. The Bertz CT molecular complexity index is 742. The predicted octanol–water partition coefficient (Wildman–Crippen LogP) is -3.38. The average Bonchev–Trinajstić information content (AvgIpc) is 3.07. The van der Waals surface area contributed by atoms with Crippen molar-refractivity contribution in [3.63, 3.8) is 0 Å². The summed E-state index contributed by atoms with van der Waals surface area (Å²) in [5.74, 6) is 0.386. The lowest BCUT2D eigenvalue weighted by Gasteiger charge is -2.30. The van der Waals surface area contributed by atoms with E-state index in [-0.39, 0.29) is 13.3 Å². The first-order valence-corrected chi connectivity index (χ1v) is 10.6. The summed E-state index contributed by atoms with van der Waals surface area (Å²) in [7, 11) is -10.4. The molecular weight excluding hydrogens is 412 g/mol. The molecule has 0 aromatic rings. The summed E-state index contributed by atoms with van der Waals surface area (Å²) in [6.07, 6.45) is -5.89. The summed E-state index contributed by atoms with van der Waals surface area (Å²) in [6, 6.07) is 0. The first-order valence-electron chi connectivity index (χ1n) is 7.59. The van der Waals surface area contributed by atoms with Crippen LogP contribution in [0.1, 0.15) is 0 Å². The smallest absolute Gasteiger partial charge is 0.387 e. The van der Waals surface area contributed by atoms with E-state index < -0.39 is 53.0 Å². The fraction of sp³-hybridized carbons (Fsp3) is 0.800. The maximum atomic E-state index is 11.5. The number of nitrogens with zero attached hydrogens (tertiary/aromatic N) is 3. The number of ether oxygens (including phenoxy) is 1. The summed E-state index contributed by atoms with van der Waals surface area (Å²) in [5, 5.41) is 23.2. The van der Waals surface area contributed by atoms with Crippen molar-refractivity contribution in [3.8, 4) is 0 Å². The molecule has 15 nitrogen and oxygen atoms in total. The van der Waals surface area contributed by atoms with Crippen LogP contribution in [-0.4, -0.2) is 92.0 Å². The van der Waals surface area contributed by atoms with Crippen LogP contribution in [0.3, 0.4) is 0 Å². The molecule has 6 atom stereocenters. The van der Waals surface area contributed by atoms with Crippen LogP contribution in [0.5, 0.6) is 0 Å². The molecule has 2 unspecified atom stereocenters. The van der Waals surface area contributed by atoms with Gasteiger partial charge in [-0.2, -0.15) is 4.31 Å². The van der Waals surface area contributed by atoms with Crippen LogP contribution in [0.2, 0.25) is 0 Å². The summed E-state index contributed by atoms with van der Waals surface area (Å²) in [5.41, 5.74) is 6.32. The summed E-state index contributed by atoms with van der Waals surface area (Å²) >= 11 is 0. The van der Waals surface area contributed by atoms with Gasteiger partial charge in [0.25, 0.3) is 0 Å². The van der Waals surface area contributed by atoms with Gasteiger partial charge in [0, 0.05) is 0 Å². The molecule has 154 valence electrons. The van der Waals surface area contributed by atoms with Crippen molar-refractivity contribution >= 4 is 27.2 Å². The van der Waals surface area contributed by atoms with Gasteiger partial charge in [-0.1, -0.05) is 0 Å². The van der Waals surface area contributed by atoms with Crippen molar-refractivity contribution in [1.29, 1.82) is 0 Å². The highest BCUT2D eigenvalue weighted by Crippen LogP contribution is 2.57. The molecule has 3 aliphatic rings. The van der Waals surface area contributed by atoms with Crippen molar-refractivity contribution in [2.24, 2.45) is 15.7 Å². The van der Waals surface area contributed by atoms with E-state index in [9.17, 15) is 24.2 Å². The molecule has 3 heterocycles. The van der Waals surface area contributed by atoms with Crippen LogP contribution in [0.25, 0.3) is 0 Å². The predicted molar refractivity (Wildman–Crippen MR) is 87.1 cm³/mol. The molecule has 0 radical (unpaired) electrons. The minimum absolute atomic E-state index is 0.0609. The Balaban J connectivity index is 1.64. The molecule has 0 aromatic carbocycles. The first-order chi connectivity index (χ1) is 12.5. The number of fused-ring (bicyclic) bond motifs is 1. The van der Waals surface area contributed by atoms with E-state index in [1.807, 2.05) is 0 Å². The monoisotopic (exact) mass is 431 g/mol. The standard InChI is InChI=1S/C10H19N5O10P2/c11-8-5-9(13-2-12-8)15(3-14-5)10-7(17)6(16)4(24-10)1-23-27(21,22)25-26(18,19)20/h4,6-8,10,12,16-17H,1-3,11H2,(H,21,22)(H2,18,19,20)/t4-,6-,7-,8?,10-/m1/s1. The Hall–Kier alpha value is -0.800. The second-order valence-electron chi connectivity index (χ2n) is 5.86. The normalized spacial score (nSPS) is 36.2. The van der Waals surface area contributed by atoms with Gasteiger partial charge in [0.1, 0.15) is 36.9 Å². The van der Waals surface area contributed by atoms with Crippen LogP contribution >= 0.6 is 15.6 Å². The summed E-state index contributed by atoms with van der Waals surface area (Å²) in [6.45, 7) is -0.500. The quantitative estimate of drug-likeness (QED) is 0.204. The second-order valence-corrected chi connectivity index (χ2v) is 8.69. The fourth-order valence-corrected chi connectivity index (χ4v) is 4.41. The maximum absolute atomic E-state index is 11.5. The third kappa shape index (κ3) is 4.62. The van der Waals surface area contributed by atoms with E-state index in [1.54, 1.807) is 0 Å². The van der Waals surface area contributed by atoms with E-state index >= 15 is 0 Å². The number of rotatable bonds is 6. The molecule has 0 spiro atoms. The number of amidine groups is 1. The Labute approximate surface area is 152 Å². The fourth-order valence-electron chi connectivity index (χ4n) is 2.81. The molecule has 17 heteroatoms. The molecule has 0 bridgehead atoms. The highest BCUT2D eigenvalue weighted by atomic mass is 31.3. The van der Waals surface area contributed by atoms with Crippen molar-refractivity contribution in [1.82, 2.24) is 10.2 Å². The Morgan fingerprint density at radius 3 is 2.63 bits per heavy atom. The number of nitrogens with two attached hydrogens (primary N) is 1. The summed E-state index contributed by atoms with van der Waals surface area (Å²) < 4.78 is 35.7. The van der Waals surface area contributed by atoms with Crippen molar-refractivity contribution in [3.05, 3.63) is 0 Å². The largest absolute Gasteiger partial charge is 0.481 e. The van der Waals surface area contributed by atoms with Gasteiger partial charge in [0.05, 0.1) is 13.3 Å². The molecule has 27 heavy (non-hydrogen) atoms. The van der Waals surface area contributed by atoms with Gasteiger partial charge in [0.2, 0.25) is 0 Å². The number of aliphatic hydroxyl groups is 2. The van der Waals surface area contributed by atoms with Crippen molar-refractivity contribution < 1.29 is 47.6 Å². The molecule has 0 saturated carbocycles. The third-order valence-electron chi connectivity index (χ3n) is 3.99. The molecule has 8 N–H and O–H groups in total. The highest BCUT2D eigenvalue weighted by Gasteiger charge is 2.49. The second kappa shape index (κ2) is 7.55. The van der Waals surface area contributed by atoms with Crippen LogP contribution in [0.4, 0.5) is 0 Å².